The Hall–Kier alpha value is -1.97. The lowest BCUT2D eigenvalue weighted by molar-refractivity contribution is -0.121. The van der Waals surface area contributed by atoms with E-state index in [2.05, 4.69) is 19.1 Å². The molecule has 1 saturated carbocycles. The van der Waals surface area contributed by atoms with Crippen molar-refractivity contribution in [1.29, 1.82) is 0 Å². The Bertz CT molecular complexity index is 560. The molecule has 1 aliphatic carbocycles. The summed E-state index contributed by atoms with van der Waals surface area (Å²) in [5.41, 5.74) is 6.52. The molecule has 1 aromatic rings. The van der Waals surface area contributed by atoms with E-state index in [1.807, 2.05) is 0 Å². The van der Waals surface area contributed by atoms with E-state index in [0.717, 1.165) is 37.7 Å². The second kappa shape index (κ2) is 8.04. The topological polar surface area (TPSA) is 72.6 Å². The van der Waals surface area contributed by atoms with Crippen molar-refractivity contribution in [2.45, 2.75) is 44.9 Å². The van der Waals surface area contributed by atoms with Gasteiger partial charge in [-0.05, 0) is 61.6 Å². The molecule has 0 heterocycles. The predicted molar refractivity (Wildman–Crippen MR) is 91.5 cm³/mol. The van der Waals surface area contributed by atoms with Gasteiger partial charge in [-0.2, -0.15) is 0 Å². The number of methoxy groups -OCH3 is 1. The molecule has 2 rings (SSSR count). The van der Waals surface area contributed by atoms with Crippen molar-refractivity contribution >= 4 is 5.91 Å². The summed E-state index contributed by atoms with van der Waals surface area (Å²) in [5.74, 6) is 0.717. The van der Waals surface area contributed by atoms with Crippen LogP contribution in [0.1, 0.15) is 50.5 Å². The van der Waals surface area contributed by atoms with Gasteiger partial charge in [0, 0.05) is 0 Å². The number of phenols is 1. The molecule has 1 amide bonds. The van der Waals surface area contributed by atoms with Gasteiger partial charge in [0.15, 0.2) is 11.5 Å². The number of carbonyl (C=O) groups is 1. The maximum absolute atomic E-state index is 12.0. The molecule has 0 spiro atoms. The first-order valence-corrected chi connectivity index (χ1v) is 8.39. The molecule has 3 N–H and O–H groups in total. The van der Waals surface area contributed by atoms with Crippen LogP contribution in [-0.2, 0) is 4.79 Å². The fraction of sp³-hybridized carbons (Fsp3) is 0.526. The zero-order valence-electron chi connectivity index (χ0n) is 14.0. The first-order valence-electron chi connectivity index (χ1n) is 8.39. The van der Waals surface area contributed by atoms with Crippen molar-refractivity contribution in [2.24, 2.45) is 17.6 Å². The van der Waals surface area contributed by atoms with Crippen LogP contribution in [0.4, 0.5) is 0 Å². The number of nitrogens with two attached hydrogens (primary N) is 1. The fourth-order valence-electron chi connectivity index (χ4n) is 3.56. The number of aromatic hydroxyl groups is 1. The van der Waals surface area contributed by atoms with Crippen LogP contribution < -0.4 is 10.5 Å². The van der Waals surface area contributed by atoms with Gasteiger partial charge in [0.25, 0.3) is 0 Å². The average Bonchev–Trinajstić information content (AvgIpc) is 2.55. The predicted octanol–water partition coefficient (Wildman–Crippen LogP) is 3.74. The molecule has 0 saturated heterocycles. The lowest BCUT2D eigenvalue weighted by Gasteiger charge is -2.32. The SMILES string of the molecule is CC/C=C\C1CCC(C(C(N)=O)c2ccc(O)c(OC)c2)CC1. The fourth-order valence-corrected chi connectivity index (χ4v) is 3.56. The number of primary amides is 1. The molecule has 126 valence electrons. The molecule has 4 nitrogen and oxygen atoms in total. The molecule has 23 heavy (non-hydrogen) atoms. The summed E-state index contributed by atoms with van der Waals surface area (Å²) in [7, 11) is 1.50. The first-order chi connectivity index (χ1) is 11.1. The Labute approximate surface area is 138 Å². The smallest absolute Gasteiger partial charge is 0.225 e. The van der Waals surface area contributed by atoms with Crippen LogP contribution in [0.5, 0.6) is 11.5 Å². The molecule has 0 aromatic heterocycles. The molecule has 0 radical (unpaired) electrons. The van der Waals surface area contributed by atoms with Crippen LogP contribution in [0.15, 0.2) is 30.4 Å². The largest absolute Gasteiger partial charge is 0.504 e. The van der Waals surface area contributed by atoms with E-state index in [9.17, 15) is 9.90 Å². The molecule has 0 aliphatic heterocycles. The van der Waals surface area contributed by atoms with E-state index in [0.29, 0.717) is 11.7 Å². The minimum Gasteiger partial charge on any atom is -0.504 e. The van der Waals surface area contributed by atoms with Gasteiger partial charge in [0.1, 0.15) is 0 Å². The molecule has 1 fully saturated rings. The highest BCUT2D eigenvalue weighted by molar-refractivity contribution is 5.82. The van der Waals surface area contributed by atoms with E-state index in [-0.39, 0.29) is 23.5 Å². The van der Waals surface area contributed by atoms with E-state index < -0.39 is 0 Å². The summed E-state index contributed by atoms with van der Waals surface area (Å²) in [6, 6.07) is 5.07. The van der Waals surface area contributed by atoms with E-state index in [1.165, 1.54) is 7.11 Å². The Kier molecular flexibility index (Phi) is 6.08. The number of allylic oxidation sites excluding steroid dienone is 2. The van der Waals surface area contributed by atoms with Crippen molar-refractivity contribution in [3.63, 3.8) is 0 Å². The minimum absolute atomic E-state index is 0.0767. The lowest BCUT2D eigenvalue weighted by atomic mass is 9.73. The van der Waals surface area contributed by atoms with E-state index in [4.69, 9.17) is 10.5 Å². The maximum Gasteiger partial charge on any atom is 0.225 e. The third kappa shape index (κ3) is 4.27. The van der Waals surface area contributed by atoms with Crippen LogP contribution >= 0.6 is 0 Å². The standard InChI is InChI=1S/C19H27NO3/c1-3-4-5-13-6-8-14(9-7-13)18(19(20)22)15-10-11-16(21)17(12-15)23-2/h4-5,10-14,18,21H,3,6-9H2,1-2H3,(H2,20,22)/b5-4-. The van der Waals surface area contributed by atoms with Crippen molar-refractivity contribution in [2.75, 3.05) is 7.11 Å². The summed E-state index contributed by atoms with van der Waals surface area (Å²) >= 11 is 0. The Morgan fingerprint density at radius 1 is 1.39 bits per heavy atom. The number of amides is 1. The highest BCUT2D eigenvalue weighted by Gasteiger charge is 2.32. The van der Waals surface area contributed by atoms with Crippen LogP contribution in [0.25, 0.3) is 0 Å². The molecule has 0 bridgehead atoms. The van der Waals surface area contributed by atoms with Gasteiger partial charge in [0.2, 0.25) is 5.91 Å². The van der Waals surface area contributed by atoms with E-state index in [1.54, 1.807) is 18.2 Å². The molecule has 1 aromatic carbocycles. The summed E-state index contributed by atoms with van der Waals surface area (Å²) in [5, 5.41) is 9.73. The van der Waals surface area contributed by atoms with Gasteiger partial charge in [-0.15, -0.1) is 0 Å². The van der Waals surface area contributed by atoms with Gasteiger partial charge in [-0.3, -0.25) is 4.79 Å². The first kappa shape index (κ1) is 17.4. The van der Waals surface area contributed by atoms with Gasteiger partial charge >= 0.3 is 0 Å². The number of hydrogen-bond donors (Lipinski definition) is 2. The zero-order valence-corrected chi connectivity index (χ0v) is 14.0. The highest BCUT2D eigenvalue weighted by atomic mass is 16.5. The number of carbonyl (C=O) groups excluding carboxylic acids is 1. The van der Waals surface area contributed by atoms with Crippen LogP contribution in [0.2, 0.25) is 0 Å². The average molecular weight is 317 g/mol. The third-order valence-corrected chi connectivity index (χ3v) is 4.80. The number of phenolic OH excluding ortho intramolecular Hbond substituents is 1. The van der Waals surface area contributed by atoms with Crippen LogP contribution in [-0.4, -0.2) is 18.1 Å². The van der Waals surface area contributed by atoms with Crippen molar-refractivity contribution in [3.8, 4) is 11.5 Å². The summed E-state index contributed by atoms with van der Waals surface area (Å²) in [6.45, 7) is 2.14. The molecular weight excluding hydrogens is 290 g/mol. The summed E-state index contributed by atoms with van der Waals surface area (Å²) in [6.07, 6.45) is 9.78. The minimum atomic E-state index is -0.319. The van der Waals surface area contributed by atoms with Crippen LogP contribution in [0, 0.1) is 11.8 Å². The van der Waals surface area contributed by atoms with Crippen molar-refractivity contribution in [1.82, 2.24) is 0 Å². The summed E-state index contributed by atoms with van der Waals surface area (Å²) in [4.78, 5) is 12.0. The molecular formula is C19H27NO3. The number of rotatable bonds is 6. The van der Waals surface area contributed by atoms with Crippen molar-refractivity contribution < 1.29 is 14.6 Å². The second-order valence-electron chi connectivity index (χ2n) is 6.32. The van der Waals surface area contributed by atoms with Gasteiger partial charge in [0.05, 0.1) is 13.0 Å². The molecule has 1 aliphatic rings. The Morgan fingerprint density at radius 2 is 2.09 bits per heavy atom. The summed E-state index contributed by atoms with van der Waals surface area (Å²) < 4.78 is 5.15. The Morgan fingerprint density at radius 3 is 2.65 bits per heavy atom. The maximum atomic E-state index is 12.0. The Balaban J connectivity index is 2.14. The van der Waals surface area contributed by atoms with Crippen LogP contribution in [0.3, 0.4) is 0 Å². The monoisotopic (exact) mass is 317 g/mol. The van der Waals surface area contributed by atoms with Crippen molar-refractivity contribution in [3.05, 3.63) is 35.9 Å². The quantitative estimate of drug-likeness (QED) is 0.785. The number of ether oxygens (including phenoxy) is 1. The third-order valence-electron chi connectivity index (χ3n) is 4.80. The van der Waals surface area contributed by atoms with Gasteiger partial charge in [-0.1, -0.05) is 25.1 Å². The lowest BCUT2D eigenvalue weighted by Crippen LogP contribution is -2.30. The van der Waals surface area contributed by atoms with Gasteiger partial charge < -0.3 is 15.6 Å². The number of hydrogen-bond acceptors (Lipinski definition) is 3. The second-order valence-corrected chi connectivity index (χ2v) is 6.32. The molecule has 1 unspecified atom stereocenters. The zero-order chi connectivity index (χ0) is 16.8. The van der Waals surface area contributed by atoms with Gasteiger partial charge in [-0.25, -0.2) is 0 Å². The normalized spacial score (nSPS) is 22.9. The van der Waals surface area contributed by atoms with E-state index >= 15 is 0 Å². The highest BCUT2D eigenvalue weighted by Crippen LogP contribution is 2.40. The molecule has 4 heteroatoms. The molecule has 1 atom stereocenters. The number of benzene rings is 1.